The number of ether oxygens (including phenoxy) is 1. The Bertz CT molecular complexity index is 1220. The molecule has 0 atom stereocenters. The van der Waals surface area contributed by atoms with Gasteiger partial charge < -0.3 is 9.30 Å². The van der Waals surface area contributed by atoms with Crippen LogP contribution in [0, 0.1) is 34.6 Å². The van der Waals surface area contributed by atoms with Gasteiger partial charge in [0.25, 0.3) is 0 Å². The Morgan fingerprint density at radius 3 is 2.27 bits per heavy atom. The third kappa shape index (κ3) is 3.21. The smallest absolute Gasteiger partial charge is 0.165 e. The molecule has 5 nitrogen and oxygen atoms in total. The summed E-state index contributed by atoms with van der Waals surface area (Å²) in [5.74, 6) is 0. The van der Waals surface area contributed by atoms with Gasteiger partial charge in [0.15, 0.2) is 5.65 Å². The molecule has 0 radical (unpaired) electrons. The van der Waals surface area contributed by atoms with Crippen molar-refractivity contribution in [2.45, 2.75) is 60.9 Å². The minimum atomic E-state index is 0.773. The van der Waals surface area contributed by atoms with Crippen LogP contribution in [0.3, 0.4) is 0 Å². The molecule has 158 valence electrons. The zero-order valence-electron chi connectivity index (χ0n) is 19.3. The van der Waals surface area contributed by atoms with Gasteiger partial charge in [-0.15, -0.1) is 0 Å². The summed E-state index contributed by atoms with van der Waals surface area (Å²) in [5, 5.41) is 6.17. The normalized spacial score (nSPS) is 11.8. The van der Waals surface area contributed by atoms with Gasteiger partial charge in [0.05, 0.1) is 17.0 Å². The molecule has 0 unspecified atom stereocenters. The third-order valence-electron chi connectivity index (χ3n) is 6.08. The van der Waals surface area contributed by atoms with Crippen molar-refractivity contribution in [3.63, 3.8) is 0 Å². The van der Waals surface area contributed by atoms with Crippen molar-refractivity contribution < 1.29 is 4.74 Å². The zero-order chi connectivity index (χ0) is 21.6. The number of aryl methyl sites for hydroxylation is 7. The monoisotopic (exact) mass is 404 g/mol. The predicted molar refractivity (Wildman–Crippen MR) is 123 cm³/mol. The van der Waals surface area contributed by atoms with Gasteiger partial charge in [-0.2, -0.15) is 9.61 Å². The zero-order valence-corrected chi connectivity index (χ0v) is 19.3. The lowest BCUT2D eigenvalue weighted by Crippen LogP contribution is -2.06. The van der Waals surface area contributed by atoms with Crippen molar-refractivity contribution in [1.29, 1.82) is 0 Å². The van der Waals surface area contributed by atoms with E-state index in [1.54, 1.807) is 7.11 Å². The minimum absolute atomic E-state index is 0.773. The van der Waals surface area contributed by atoms with Gasteiger partial charge in [-0.1, -0.05) is 17.7 Å². The van der Waals surface area contributed by atoms with Crippen LogP contribution >= 0.6 is 0 Å². The van der Waals surface area contributed by atoms with Crippen molar-refractivity contribution in [2.24, 2.45) is 0 Å². The number of methoxy groups -OCH3 is 1. The number of hydrogen-bond acceptors (Lipinski definition) is 3. The van der Waals surface area contributed by atoms with Gasteiger partial charge in [-0.05, 0) is 77.1 Å². The Kier molecular flexibility index (Phi) is 5.41. The van der Waals surface area contributed by atoms with Gasteiger partial charge >= 0.3 is 0 Å². The maximum Gasteiger partial charge on any atom is 0.165 e. The lowest BCUT2D eigenvalue weighted by atomic mass is 9.94. The maximum atomic E-state index is 5.26. The van der Waals surface area contributed by atoms with E-state index in [-0.39, 0.29) is 0 Å². The average Bonchev–Trinajstić information content (AvgIpc) is 3.20. The van der Waals surface area contributed by atoms with Crippen LogP contribution in [0.1, 0.15) is 47.1 Å². The lowest BCUT2D eigenvalue weighted by molar-refractivity contribution is 0.194. The van der Waals surface area contributed by atoms with Crippen LogP contribution in [-0.2, 0) is 17.7 Å². The molecule has 0 fully saturated rings. The van der Waals surface area contributed by atoms with Crippen LogP contribution in [0.4, 0.5) is 0 Å². The van der Waals surface area contributed by atoms with E-state index < -0.39 is 0 Å². The fourth-order valence-corrected chi connectivity index (χ4v) is 4.89. The number of hydrogen-bond donors (Lipinski definition) is 0. The molecule has 0 amide bonds. The molecule has 5 heteroatoms. The van der Waals surface area contributed by atoms with E-state index in [1.807, 2.05) is 0 Å². The van der Waals surface area contributed by atoms with Gasteiger partial charge in [0.2, 0.25) is 0 Å². The Morgan fingerprint density at radius 2 is 1.63 bits per heavy atom. The molecular weight excluding hydrogens is 372 g/mol. The molecule has 0 aliphatic rings. The number of aromatic nitrogens is 4. The first-order valence-corrected chi connectivity index (χ1v) is 10.8. The number of benzene rings is 1. The van der Waals surface area contributed by atoms with Crippen molar-refractivity contribution in [3.05, 3.63) is 52.0 Å². The fourth-order valence-electron chi connectivity index (χ4n) is 4.89. The van der Waals surface area contributed by atoms with Crippen LogP contribution in [0.25, 0.3) is 27.8 Å². The molecule has 4 rings (SSSR count). The summed E-state index contributed by atoms with van der Waals surface area (Å²) in [6.07, 6.45) is 1.99. The van der Waals surface area contributed by atoms with Crippen molar-refractivity contribution in [1.82, 2.24) is 19.2 Å². The minimum Gasteiger partial charge on any atom is -0.385 e. The topological polar surface area (TPSA) is 44.3 Å². The van der Waals surface area contributed by atoms with Gasteiger partial charge in [-0.25, -0.2) is 4.98 Å². The highest BCUT2D eigenvalue weighted by molar-refractivity contribution is 5.90. The molecule has 0 aliphatic carbocycles. The van der Waals surface area contributed by atoms with Crippen LogP contribution in [-0.4, -0.2) is 32.9 Å². The fraction of sp³-hybridized carbons (Fsp3) is 0.440. The van der Waals surface area contributed by atoms with E-state index in [0.717, 1.165) is 54.2 Å². The Balaban J connectivity index is 2.02. The molecule has 3 heterocycles. The molecule has 0 N–H and O–H groups in total. The first-order chi connectivity index (χ1) is 14.4. The Hall–Kier alpha value is -2.66. The molecule has 0 bridgehead atoms. The highest BCUT2D eigenvalue weighted by Gasteiger charge is 2.22. The van der Waals surface area contributed by atoms with Crippen molar-refractivity contribution in [2.75, 3.05) is 13.7 Å². The summed E-state index contributed by atoms with van der Waals surface area (Å²) in [6, 6.07) is 6.79. The first kappa shape index (κ1) is 20.6. The number of nitrogens with zero attached hydrogens (tertiary/aromatic N) is 4. The largest absolute Gasteiger partial charge is 0.385 e. The molecule has 0 aliphatic heterocycles. The maximum absolute atomic E-state index is 5.26. The summed E-state index contributed by atoms with van der Waals surface area (Å²) in [4.78, 5) is 5.05. The molecule has 30 heavy (non-hydrogen) atoms. The van der Waals surface area contributed by atoms with Crippen molar-refractivity contribution >= 4 is 16.7 Å². The molecular formula is C25H32N4O. The second-order valence-corrected chi connectivity index (χ2v) is 8.38. The first-order valence-electron chi connectivity index (χ1n) is 10.8. The molecule has 0 saturated carbocycles. The highest BCUT2D eigenvalue weighted by Crippen LogP contribution is 2.35. The van der Waals surface area contributed by atoms with Gasteiger partial charge in [0.1, 0.15) is 5.65 Å². The SMILES string of the molecule is CCn1c(CCCOC)cc2c(C)nc3c(-c4c(C)cc(C)cc4C)c(C)nn3c21. The van der Waals surface area contributed by atoms with E-state index in [4.69, 9.17) is 14.8 Å². The predicted octanol–water partition coefficient (Wildman–Crippen LogP) is 5.49. The molecule has 0 spiro atoms. The Labute approximate surface area is 178 Å². The van der Waals surface area contributed by atoms with Crippen LogP contribution in [0.5, 0.6) is 0 Å². The van der Waals surface area contributed by atoms with Crippen LogP contribution in [0.15, 0.2) is 18.2 Å². The second-order valence-electron chi connectivity index (χ2n) is 8.38. The summed E-state index contributed by atoms with van der Waals surface area (Å²) in [6.45, 7) is 14.6. The number of fused-ring (bicyclic) bond motifs is 3. The highest BCUT2D eigenvalue weighted by atomic mass is 16.5. The molecule has 0 saturated heterocycles. The van der Waals surface area contributed by atoms with E-state index in [2.05, 4.69) is 68.8 Å². The standard InChI is InChI=1S/C25H32N4O/c1-8-28-20(10-9-11-30-7)14-21-18(5)26-24-23(19(6)27-29(24)25(21)28)22-16(3)12-15(2)13-17(22)4/h12-14H,8-11H2,1-7H3. The summed E-state index contributed by atoms with van der Waals surface area (Å²) < 4.78 is 9.72. The van der Waals surface area contributed by atoms with Crippen LogP contribution < -0.4 is 0 Å². The van der Waals surface area contributed by atoms with E-state index in [0.29, 0.717) is 0 Å². The molecule has 1 aromatic carbocycles. The summed E-state index contributed by atoms with van der Waals surface area (Å²) in [7, 11) is 1.76. The lowest BCUT2D eigenvalue weighted by Gasteiger charge is -2.12. The number of rotatable bonds is 6. The van der Waals surface area contributed by atoms with E-state index in [1.165, 1.54) is 33.3 Å². The van der Waals surface area contributed by atoms with Gasteiger partial charge in [0, 0.05) is 31.3 Å². The van der Waals surface area contributed by atoms with E-state index >= 15 is 0 Å². The third-order valence-corrected chi connectivity index (χ3v) is 6.08. The summed E-state index contributed by atoms with van der Waals surface area (Å²) in [5.41, 5.74) is 11.7. The van der Waals surface area contributed by atoms with E-state index in [9.17, 15) is 0 Å². The van der Waals surface area contributed by atoms with Crippen molar-refractivity contribution in [3.8, 4) is 11.1 Å². The Morgan fingerprint density at radius 1 is 0.933 bits per heavy atom. The average molecular weight is 405 g/mol. The van der Waals surface area contributed by atoms with Crippen LogP contribution in [0.2, 0.25) is 0 Å². The summed E-state index contributed by atoms with van der Waals surface area (Å²) >= 11 is 0. The quantitative estimate of drug-likeness (QED) is 0.399. The molecule has 4 aromatic rings. The van der Waals surface area contributed by atoms with Gasteiger partial charge in [-0.3, -0.25) is 0 Å². The second kappa shape index (κ2) is 7.88. The molecule has 3 aromatic heterocycles.